The van der Waals surface area contributed by atoms with E-state index in [0.717, 1.165) is 63.7 Å². The van der Waals surface area contributed by atoms with Crippen molar-refractivity contribution in [3.63, 3.8) is 0 Å². The second-order valence-corrected chi connectivity index (χ2v) is 7.07. The SMILES string of the molecule is CC(=O)N1CCCN(C2CN(Cc3cc(C)no3)CC2C)CC1. The van der Waals surface area contributed by atoms with Gasteiger partial charge < -0.3 is 9.42 Å². The molecule has 2 fully saturated rings. The van der Waals surface area contributed by atoms with Gasteiger partial charge in [-0.2, -0.15) is 0 Å². The summed E-state index contributed by atoms with van der Waals surface area (Å²) in [6.45, 7) is 12.8. The van der Waals surface area contributed by atoms with Crippen LogP contribution in [0.15, 0.2) is 10.6 Å². The van der Waals surface area contributed by atoms with Gasteiger partial charge in [-0.25, -0.2) is 0 Å². The predicted molar refractivity (Wildman–Crippen MR) is 87.9 cm³/mol. The Balaban J connectivity index is 1.57. The maximum Gasteiger partial charge on any atom is 0.219 e. The van der Waals surface area contributed by atoms with Gasteiger partial charge in [-0.3, -0.25) is 14.6 Å². The second-order valence-electron chi connectivity index (χ2n) is 7.07. The van der Waals surface area contributed by atoms with Gasteiger partial charge in [-0.1, -0.05) is 12.1 Å². The number of carbonyl (C=O) groups is 1. The van der Waals surface area contributed by atoms with Gasteiger partial charge in [0.1, 0.15) is 0 Å². The van der Waals surface area contributed by atoms with Crippen molar-refractivity contribution in [3.05, 3.63) is 17.5 Å². The van der Waals surface area contributed by atoms with Crippen molar-refractivity contribution >= 4 is 5.91 Å². The molecule has 128 valence electrons. The number of rotatable bonds is 3. The van der Waals surface area contributed by atoms with Crippen LogP contribution in [-0.4, -0.2) is 71.1 Å². The zero-order valence-electron chi connectivity index (χ0n) is 14.5. The highest BCUT2D eigenvalue weighted by Gasteiger charge is 2.35. The Kier molecular flexibility index (Phi) is 5.02. The summed E-state index contributed by atoms with van der Waals surface area (Å²) in [7, 11) is 0. The van der Waals surface area contributed by atoms with E-state index in [4.69, 9.17) is 4.52 Å². The first-order chi connectivity index (χ1) is 11.0. The number of hydrogen-bond acceptors (Lipinski definition) is 5. The second kappa shape index (κ2) is 7.01. The number of aryl methyl sites for hydroxylation is 1. The average Bonchev–Trinajstić information content (AvgIpc) is 2.96. The third kappa shape index (κ3) is 3.93. The smallest absolute Gasteiger partial charge is 0.219 e. The molecule has 0 saturated carbocycles. The van der Waals surface area contributed by atoms with Gasteiger partial charge in [0.05, 0.1) is 12.2 Å². The van der Waals surface area contributed by atoms with Gasteiger partial charge in [0.15, 0.2) is 5.76 Å². The van der Waals surface area contributed by atoms with E-state index in [1.807, 2.05) is 17.9 Å². The minimum atomic E-state index is 0.202. The molecule has 1 amide bonds. The van der Waals surface area contributed by atoms with E-state index in [-0.39, 0.29) is 5.91 Å². The number of amides is 1. The predicted octanol–water partition coefficient (Wildman–Crippen LogP) is 1.36. The molecule has 2 atom stereocenters. The van der Waals surface area contributed by atoms with E-state index in [9.17, 15) is 4.79 Å². The van der Waals surface area contributed by atoms with Gasteiger partial charge in [-0.05, 0) is 19.3 Å². The van der Waals surface area contributed by atoms with Crippen molar-refractivity contribution in [3.8, 4) is 0 Å². The topological polar surface area (TPSA) is 52.8 Å². The fourth-order valence-corrected chi connectivity index (χ4v) is 3.95. The Labute approximate surface area is 138 Å². The average molecular weight is 320 g/mol. The first kappa shape index (κ1) is 16.5. The van der Waals surface area contributed by atoms with E-state index < -0.39 is 0 Å². The summed E-state index contributed by atoms with van der Waals surface area (Å²) < 4.78 is 5.35. The number of aromatic nitrogens is 1. The monoisotopic (exact) mass is 320 g/mol. The molecule has 23 heavy (non-hydrogen) atoms. The van der Waals surface area contributed by atoms with Crippen molar-refractivity contribution in [1.29, 1.82) is 0 Å². The number of nitrogens with zero attached hydrogens (tertiary/aromatic N) is 4. The standard InChI is InChI=1S/C17H28N4O2/c1-13-10-19(11-16-9-14(2)18-23-16)12-17(13)21-6-4-5-20(7-8-21)15(3)22/h9,13,17H,4-8,10-12H2,1-3H3. The highest BCUT2D eigenvalue weighted by Crippen LogP contribution is 2.24. The summed E-state index contributed by atoms with van der Waals surface area (Å²) in [5, 5.41) is 3.97. The molecule has 2 aliphatic heterocycles. The lowest BCUT2D eigenvalue weighted by atomic mass is 10.0. The minimum Gasteiger partial charge on any atom is -0.360 e. The van der Waals surface area contributed by atoms with Crippen molar-refractivity contribution < 1.29 is 9.32 Å². The van der Waals surface area contributed by atoms with E-state index >= 15 is 0 Å². The Bertz CT molecular complexity index is 544. The molecule has 0 aromatic carbocycles. The molecule has 2 unspecified atom stereocenters. The van der Waals surface area contributed by atoms with E-state index in [2.05, 4.69) is 21.9 Å². The van der Waals surface area contributed by atoms with Gasteiger partial charge in [0.2, 0.25) is 5.91 Å². The molecule has 3 heterocycles. The van der Waals surface area contributed by atoms with Crippen molar-refractivity contribution in [2.75, 3.05) is 39.3 Å². The number of carbonyl (C=O) groups excluding carboxylic acids is 1. The first-order valence-corrected chi connectivity index (χ1v) is 8.67. The van der Waals surface area contributed by atoms with E-state index in [1.54, 1.807) is 6.92 Å². The Morgan fingerprint density at radius 3 is 2.83 bits per heavy atom. The summed E-state index contributed by atoms with van der Waals surface area (Å²) in [5.74, 6) is 1.80. The first-order valence-electron chi connectivity index (χ1n) is 8.67. The quantitative estimate of drug-likeness (QED) is 0.842. The lowest BCUT2D eigenvalue weighted by Gasteiger charge is -2.30. The zero-order valence-corrected chi connectivity index (χ0v) is 14.5. The molecule has 6 heteroatoms. The Morgan fingerprint density at radius 1 is 1.30 bits per heavy atom. The summed E-state index contributed by atoms with van der Waals surface area (Å²) in [6.07, 6.45) is 1.07. The molecule has 0 bridgehead atoms. The third-order valence-electron chi connectivity index (χ3n) is 5.15. The summed E-state index contributed by atoms with van der Waals surface area (Å²) >= 11 is 0. The van der Waals surface area contributed by atoms with Crippen LogP contribution in [0.3, 0.4) is 0 Å². The summed E-state index contributed by atoms with van der Waals surface area (Å²) in [4.78, 5) is 18.6. The van der Waals surface area contributed by atoms with Crippen molar-refractivity contribution in [1.82, 2.24) is 19.9 Å². The van der Waals surface area contributed by atoms with Crippen molar-refractivity contribution in [2.45, 2.75) is 39.8 Å². The van der Waals surface area contributed by atoms with Crippen LogP contribution in [0.25, 0.3) is 0 Å². The third-order valence-corrected chi connectivity index (χ3v) is 5.15. The molecule has 0 aliphatic carbocycles. The maximum absolute atomic E-state index is 11.6. The molecular weight excluding hydrogens is 292 g/mol. The zero-order chi connectivity index (χ0) is 16.4. The number of hydrogen-bond donors (Lipinski definition) is 0. The molecule has 2 aliphatic rings. The van der Waals surface area contributed by atoms with Crippen LogP contribution in [0, 0.1) is 12.8 Å². The van der Waals surface area contributed by atoms with Crippen molar-refractivity contribution in [2.24, 2.45) is 5.92 Å². The van der Waals surface area contributed by atoms with Crippen LogP contribution < -0.4 is 0 Å². The van der Waals surface area contributed by atoms with Crippen LogP contribution in [0.5, 0.6) is 0 Å². The fraction of sp³-hybridized carbons (Fsp3) is 0.765. The van der Waals surface area contributed by atoms with Gasteiger partial charge in [0, 0.05) is 58.3 Å². The lowest BCUT2D eigenvalue weighted by Crippen LogP contribution is -2.42. The summed E-state index contributed by atoms with van der Waals surface area (Å²) in [6, 6.07) is 2.60. The normalized spacial score (nSPS) is 27.3. The van der Waals surface area contributed by atoms with Crippen LogP contribution >= 0.6 is 0 Å². The van der Waals surface area contributed by atoms with E-state index in [1.165, 1.54) is 0 Å². The molecule has 6 nitrogen and oxygen atoms in total. The maximum atomic E-state index is 11.6. The molecule has 2 saturated heterocycles. The largest absolute Gasteiger partial charge is 0.360 e. The molecule has 0 N–H and O–H groups in total. The Hall–Kier alpha value is -1.40. The minimum absolute atomic E-state index is 0.202. The molecule has 0 spiro atoms. The van der Waals surface area contributed by atoms with Crippen LogP contribution in [0.1, 0.15) is 31.7 Å². The van der Waals surface area contributed by atoms with E-state index in [0.29, 0.717) is 12.0 Å². The van der Waals surface area contributed by atoms with Crippen LogP contribution in [0.4, 0.5) is 0 Å². The molecule has 3 rings (SSSR count). The Morgan fingerprint density at radius 2 is 2.13 bits per heavy atom. The van der Waals surface area contributed by atoms with Crippen LogP contribution in [0.2, 0.25) is 0 Å². The highest BCUT2D eigenvalue weighted by atomic mass is 16.5. The fourth-order valence-electron chi connectivity index (χ4n) is 3.95. The molecule has 1 aromatic rings. The molecule has 1 aromatic heterocycles. The van der Waals surface area contributed by atoms with Crippen LogP contribution in [-0.2, 0) is 11.3 Å². The van der Waals surface area contributed by atoms with Gasteiger partial charge in [0.25, 0.3) is 0 Å². The highest BCUT2D eigenvalue weighted by molar-refractivity contribution is 5.73. The molecule has 0 radical (unpaired) electrons. The lowest BCUT2D eigenvalue weighted by molar-refractivity contribution is -0.128. The summed E-state index contributed by atoms with van der Waals surface area (Å²) in [5.41, 5.74) is 0.945. The number of likely N-dealkylation sites (tertiary alicyclic amines) is 1. The van der Waals surface area contributed by atoms with Gasteiger partial charge >= 0.3 is 0 Å². The van der Waals surface area contributed by atoms with Gasteiger partial charge in [-0.15, -0.1) is 0 Å². The molecular formula is C17H28N4O2.